The standard InChI is InChI=1S/C11H7F3N2O2/c12-11(13,14)18-9-4-2-1-3-8(9)7-5-10(17)16-15-6-7/h1-6H,(H,16,17). The zero-order valence-corrected chi connectivity index (χ0v) is 8.86. The Labute approximate surface area is 99.0 Å². The number of benzene rings is 1. The van der Waals surface area contributed by atoms with E-state index >= 15 is 0 Å². The summed E-state index contributed by atoms with van der Waals surface area (Å²) < 4.78 is 40.5. The smallest absolute Gasteiger partial charge is 0.405 e. The molecule has 0 radical (unpaired) electrons. The maximum Gasteiger partial charge on any atom is 0.573 e. The van der Waals surface area contributed by atoms with Crippen LogP contribution in [0.15, 0.2) is 41.3 Å². The van der Waals surface area contributed by atoms with Crippen LogP contribution in [0, 0.1) is 0 Å². The van der Waals surface area contributed by atoms with Crippen LogP contribution in [0.25, 0.3) is 11.1 Å². The van der Waals surface area contributed by atoms with Crippen LogP contribution in [0.2, 0.25) is 0 Å². The monoisotopic (exact) mass is 256 g/mol. The fourth-order valence-corrected chi connectivity index (χ4v) is 1.44. The first-order valence-corrected chi connectivity index (χ1v) is 4.85. The first kappa shape index (κ1) is 12.2. The minimum absolute atomic E-state index is 0.147. The van der Waals surface area contributed by atoms with E-state index in [4.69, 9.17) is 0 Å². The molecule has 0 saturated carbocycles. The number of rotatable bonds is 2. The molecule has 2 rings (SSSR count). The van der Waals surface area contributed by atoms with Crippen LogP contribution in [0.1, 0.15) is 0 Å². The number of alkyl halides is 3. The third-order valence-electron chi connectivity index (χ3n) is 2.09. The second-order valence-electron chi connectivity index (χ2n) is 3.38. The molecule has 18 heavy (non-hydrogen) atoms. The lowest BCUT2D eigenvalue weighted by atomic mass is 10.1. The number of hydrogen-bond acceptors (Lipinski definition) is 3. The molecule has 0 spiro atoms. The second-order valence-corrected chi connectivity index (χ2v) is 3.38. The summed E-state index contributed by atoms with van der Waals surface area (Å²) in [6.07, 6.45) is -3.54. The number of nitrogens with one attached hydrogen (secondary N) is 1. The van der Waals surface area contributed by atoms with Crippen LogP contribution in [-0.4, -0.2) is 16.6 Å². The number of aromatic nitrogens is 2. The highest BCUT2D eigenvalue weighted by Gasteiger charge is 2.32. The molecule has 0 saturated heterocycles. The predicted molar refractivity (Wildman–Crippen MR) is 57.0 cm³/mol. The van der Waals surface area contributed by atoms with Crippen molar-refractivity contribution in [1.82, 2.24) is 10.2 Å². The van der Waals surface area contributed by atoms with Crippen molar-refractivity contribution >= 4 is 0 Å². The number of hydrogen-bond donors (Lipinski definition) is 1. The van der Waals surface area contributed by atoms with Crippen molar-refractivity contribution < 1.29 is 17.9 Å². The van der Waals surface area contributed by atoms with E-state index in [1.807, 2.05) is 0 Å². The van der Waals surface area contributed by atoms with E-state index in [1.54, 1.807) is 6.07 Å². The molecular formula is C11H7F3N2O2. The molecule has 0 aliphatic carbocycles. The highest BCUT2D eigenvalue weighted by Crippen LogP contribution is 2.32. The lowest BCUT2D eigenvalue weighted by Crippen LogP contribution is -2.17. The van der Waals surface area contributed by atoms with Crippen molar-refractivity contribution in [1.29, 1.82) is 0 Å². The summed E-state index contributed by atoms with van der Waals surface area (Å²) in [6, 6.07) is 6.68. The number of para-hydroxylation sites is 1. The van der Waals surface area contributed by atoms with Gasteiger partial charge in [0.05, 0.1) is 6.20 Å². The van der Waals surface area contributed by atoms with Crippen molar-refractivity contribution in [2.24, 2.45) is 0 Å². The zero-order chi connectivity index (χ0) is 13.2. The number of halogens is 3. The normalized spacial score (nSPS) is 11.3. The van der Waals surface area contributed by atoms with Crippen LogP contribution >= 0.6 is 0 Å². The Balaban J connectivity index is 2.48. The molecule has 4 nitrogen and oxygen atoms in total. The fraction of sp³-hybridized carbons (Fsp3) is 0.0909. The van der Waals surface area contributed by atoms with E-state index in [0.29, 0.717) is 0 Å². The quantitative estimate of drug-likeness (QED) is 0.897. The number of ether oxygens (including phenoxy) is 1. The topological polar surface area (TPSA) is 55.0 Å². The lowest BCUT2D eigenvalue weighted by molar-refractivity contribution is -0.274. The van der Waals surface area contributed by atoms with Gasteiger partial charge in [-0.15, -0.1) is 13.2 Å². The number of nitrogens with zero attached hydrogens (tertiary/aromatic N) is 1. The van der Waals surface area contributed by atoms with Gasteiger partial charge in [-0.05, 0) is 6.07 Å². The highest BCUT2D eigenvalue weighted by atomic mass is 19.4. The van der Waals surface area contributed by atoms with Gasteiger partial charge in [0.25, 0.3) is 5.56 Å². The molecule has 1 N–H and O–H groups in total. The van der Waals surface area contributed by atoms with E-state index < -0.39 is 11.9 Å². The molecule has 0 fully saturated rings. The van der Waals surface area contributed by atoms with Gasteiger partial charge in [0.15, 0.2) is 0 Å². The summed E-state index contributed by atoms with van der Waals surface area (Å²) in [6.45, 7) is 0. The van der Waals surface area contributed by atoms with Crippen molar-refractivity contribution in [2.75, 3.05) is 0 Å². The van der Waals surface area contributed by atoms with Crippen LogP contribution in [0.5, 0.6) is 5.75 Å². The summed E-state index contributed by atoms with van der Waals surface area (Å²) in [4.78, 5) is 11.1. The van der Waals surface area contributed by atoms with Crippen molar-refractivity contribution in [2.45, 2.75) is 6.36 Å². The van der Waals surface area contributed by atoms with E-state index in [9.17, 15) is 18.0 Å². The highest BCUT2D eigenvalue weighted by molar-refractivity contribution is 5.69. The maximum atomic E-state index is 12.2. The van der Waals surface area contributed by atoms with E-state index in [-0.39, 0.29) is 16.9 Å². The lowest BCUT2D eigenvalue weighted by Gasteiger charge is -2.12. The Bertz CT molecular complexity index is 607. The summed E-state index contributed by atoms with van der Waals surface area (Å²) >= 11 is 0. The third kappa shape index (κ3) is 2.88. The molecule has 0 aliphatic heterocycles. The first-order chi connectivity index (χ1) is 8.46. The Hall–Kier alpha value is -2.31. The number of H-pyrrole nitrogens is 1. The molecule has 1 heterocycles. The van der Waals surface area contributed by atoms with Crippen molar-refractivity contribution in [3.8, 4) is 16.9 Å². The number of aromatic amines is 1. The minimum atomic E-state index is -4.79. The molecule has 1 aromatic carbocycles. The van der Waals surface area contributed by atoms with Crippen molar-refractivity contribution in [3.63, 3.8) is 0 Å². The van der Waals surface area contributed by atoms with Crippen molar-refractivity contribution in [3.05, 3.63) is 46.9 Å². The first-order valence-electron chi connectivity index (χ1n) is 4.85. The van der Waals surface area contributed by atoms with E-state index in [1.165, 1.54) is 24.4 Å². The summed E-state index contributed by atoms with van der Waals surface area (Å²) in [5.41, 5.74) is -0.110. The van der Waals surface area contributed by atoms with E-state index in [0.717, 1.165) is 6.07 Å². The van der Waals surface area contributed by atoms with Gasteiger partial charge in [-0.1, -0.05) is 18.2 Å². The molecule has 94 valence electrons. The second kappa shape index (κ2) is 4.52. The molecule has 0 bridgehead atoms. The molecule has 0 atom stereocenters. The van der Waals surface area contributed by atoms with Gasteiger partial charge < -0.3 is 4.74 Å². The molecule has 0 amide bonds. The van der Waals surface area contributed by atoms with Gasteiger partial charge in [-0.2, -0.15) is 5.10 Å². The van der Waals surface area contributed by atoms with Crippen LogP contribution in [0.3, 0.4) is 0 Å². The molecular weight excluding hydrogens is 249 g/mol. The molecule has 2 aromatic rings. The summed E-state index contributed by atoms with van der Waals surface area (Å²) in [7, 11) is 0. The third-order valence-corrected chi connectivity index (χ3v) is 2.09. The van der Waals surface area contributed by atoms with Crippen LogP contribution in [-0.2, 0) is 0 Å². The van der Waals surface area contributed by atoms with Gasteiger partial charge in [0, 0.05) is 17.2 Å². The van der Waals surface area contributed by atoms with Gasteiger partial charge >= 0.3 is 6.36 Å². The Morgan fingerprint density at radius 3 is 2.61 bits per heavy atom. The Kier molecular flexibility index (Phi) is 3.05. The van der Waals surface area contributed by atoms with E-state index in [2.05, 4.69) is 14.9 Å². The fourth-order valence-electron chi connectivity index (χ4n) is 1.44. The molecule has 0 aliphatic rings. The predicted octanol–water partition coefficient (Wildman–Crippen LogP) is 2.34. The molecule has 7 heteroatoms. The zero-order valence-electron chi connectivity index (χ0n) is 8.86. The van der Waals surface area contributed by atoms with Gasteiger partial charge in [0.1, 0.15) is 5.75 Å². The Morgan fingerprint density at radius 2 is 1.94 bits per heavy atom. The Morgan fingerprint density at radius 1 is 1.22 bits per heavy atom. The van der Waals surface area contributed by atoms with Gasteiger partial charge in [-0.25, -0.2) is 5.10 Å². The largest absolute Gasteiger partial charge is 0.573 e. The summed E-state index contributed by atoms with van der Waals surface area (Å²) in [5, 5.41) is 5.66. The van der Waals surface area contributed by atoms with Crippen LogP contribution in [0.4, 0.5) is 13.2 Å². The van der Waals surface area contributed by atoms with Gasteiger partial charge in [-0.3, -0.25) is 4.79 Å². The molecule has 0 unspecified atom stereocenters. The molecule has 1 aromatic heterocycles. The average molecular weight is 256 g/mol. The SMILES string of the molecule is O=c1cc(-c2ccccc2OC(F)(F)F)cn[nH]1. The average Bonchev–Trinajstić information content (AvgIpc) is 2.27. The maximum absolute atomic E-state index is 12.2. The van der Waals surface area contributed by atoms with Gasteiger partial charge in [0.2, 0.25) is 0 Å². The minimum Gasteiger partial charge on any atom is -0.405 e. The summed E-state index contributed by atoms with van der Waals surface area (Å²) in [5.74, 6) is -0.377. The van der Waals surface area contributed by atoms with Crippen LogP contribution < -0.4 is 10.3 Å².